The van der Waals surface area contributed by atoms with Crippen LogP contribution in [0.25, 0.3) is 10.9 Å². The van der Waals surface area contributed by atoms with Gasteiger partial charge in [-0.1, -0.05) is 0 Å². The van der Waals surface area contributed by atoms with Crippen molar-refractivity contribution in [1.82, 2.24) is 10.3 Å². The zero-order valence-electron chi connectivity index (χ0n) is 13.7. The summed E-state index contributed by atoms with van der Waals surface area (Å²) in [7, 11) is 1.37. The standard InChI is InChI=1S/C15H17F3N4O2.ClH/c1-7(2)24-11-5-4-9(15(16,17)18)8-6-10(21-12(8)11)13(23)22-14(19)20-3;/h4-7,21H,1-3H3,(H3,19,20,22,23);1H. The first-order valence-corrected chi connectivity index (χ1v) is 7.06. The van der Waals surface area contributed by atoms with Gasteiger partial charge in [0.1, 0.15) is 11.4 Å². The van der Waals surface area contributed by atoms with Gasteiger partial charge in [-0.3, -0.25) is 15.1 Å². The van der Waals surface area contributed by atoms with Gasteiger partial charge >= 0.3 is 6.18 Å². The third-order valence-electron chi connectivity index (χ3n) is 3.15. The summed E-state index contributed by atoms with van der Waals surface area (Å²) in [6.07, 6.45) is -4.80. The number of alkyl halides is 3. The quantitative estimate of drug-likeness (QED) is 0.566. The lowest BCUT2D eigenvalue weighted by Crippen LogP contribution is -2.36. The Morgan fingerprint density at radius 1 is 1.36 bits per heavy atom. The zero-order chi connectivity index (χ0) is 18.1. The molecule has 0 unspecified atom stereocenters. The molecule has 1 aromatic carbocycles. The molecule has 2 aromatic rings. The molecule has 0 aliphatic heterocycles. The van der Waals surface area contributed by atoms with Crippen LogP contribution in [0.4, 0.5) is 13.2 Å². The van der Waals surface area contributed by atoms with Crippen molar-refractivity contribution >= 4 is 35.2 Å². The molecule has 0 saturated carbocycles. The van der Waals surface area contributed by atoms with Gasteiger partial charge in [-0.05, 0) is 32.0 Å². The minimum atomic E-state index is -4.56. The predicted molar refractivity (Wildman–Crippen MR) is 91.3 cm³/mol. The number of carbonyl (C=O) groups excluding carboxylic acids is 1. The smallest absolute Gasteiger partial charge is 0.417 e. The van der Waals surface area contributed by atoms with E-state index in [1.807, 2.05) is 0 Å². The number of H-pyrrole nitrogens is 1. The Balaban J connectivity index is 0.00000312. The molecule has 0 atom stereocenters. The fourth-order valence-electron chi connectivity index (χ4n) is 2.15. The number of carbonyl (C=O) groups is 1. The Hall–Kier alpha value is -2.42. The molecule has 0 aliphatic rings. The van der Waals surface area contributed by atoms with Gasteiger partial charge in [0.15, 0.2) is 5.96 Å². The number of nitrogens with one attached hydrogen (secondary N) is 2. The molecule has 0 aliphatic carbocycles. The highest BCUT2D eigenvalue weighted by Gasteiger charge is 2.34. The van der Waals surface area contributed by atoms with Crippen molar-refractivity contribution in [3.05, 3.63) is 29.5 Å². The molecule has 1 heterocycles. The first kappa shape index (κ1) is 20.6. The molecule has 10 heteroatoms. The van der Waals surface area contributed by atoms with Crippen LogP contribution in [0.5, 0.6) is 5.75 Å². The first-order valence-electron chi connectivity index (χ1n) is 7.06. The molecule has 4 N–H and O–H groups in total. The number of ether oxygens (including phenoxy) is 1. The van der Waals surface area contributed by atoms with Crippen molar-refractivity contribution in [2.24, 2.45) is 10.7 Å². The van der Waals surface area contributed by atoms with Gasteiger partial charge < -0.3 is 15.5 Å². The average molecular weight is 379 g/mol. The van der Waals surface area contributed by atoms with E-state index in [1.165, 1.54) is 13.1 Å². The number of rotatable bonds is 3. The highest BCUT2D eigenvalue weighted by atomic mass is 35.5. The third kappa shape index (κ3) is 4.56. The number of hydrogen-bond donors (Lipinski definition) is 3. The number of halogens is 4. The van der Waals surface area contributed by atoms with E-state index in [9.17, 15) is 18.0 Å². The number of amides is 1. The monoisotopic (exact) mass is 378 g/mol. The Labute approximate surface area is 148 Å². The van der Waals surface area contributed by atoms with Gasteiger partial charge in [-0.25, -0.2) is 0 Å². The second kappa shape index (κ2) is 7.64. The number of aliphatic imine (C=N–C) groups is 1. The minimum absolute atomic E-state index is 0. The maximum atomic E-state index is 13.2. The summed E-state index contributed by atoms with van der Waals surface area (Å²) in [5, 5.41) is 2.11. The lowest BCUT2D eigenvalue weighted by Gasteiger charge is -2.13. The van der Waals surface area contributed by atoms with Gasteiger partial charge in [0.25, 0.3) is 5.91 Å². The highest BCUT2D eigenvalue weighted by Crippen LogP contribution is 2.38. The zero-order valence-corrected chi connectivity index (χ0v) is 14.5. The number of fused-ring (bicyclic) bond motifs is 1. The number of benzene rings is 1. The summed E-state index contributed by atoms with van der Waals surface area (Å²) in [6.45, 7) is 3.50. The third-order valence-corrected chi connectivity index (χ3v) is 3.15. The fourth-order valence-corrected chi connectivity index (χ4v) is 2.15. The largest absolute Gasteiger partial charge is 0.489 e. The van der Waals surface area contributed by atoms with E-state index < -0.39 is 17.6 Å². The van der Waals surface area contributed by atoms with Crippen LogP contribution in [-0.4, -0.2) is 30.0 Å². The van der Waals surface area contributed by atoms with Crippen molar-refractivity contribution < 1.29 is 22.7 Å². The minimum Gasteiger partial charge on any atom is -0.489 e. The lowest BCUT2D eigenvalue weighted by atomic mass is 10.1. The molecule has 0 fully saturated rings. The topological polar surface area (TPSA) is 92.5 Å². The Kier molecular flexibility index (Phi) is 6.31. The SMILES string of the molecule is CN=C(N)NC(=O)c1cc2c(C(F)(F)F)ccc(OC(C)C)c2[nH]1.Cl. The maximum Gasteiger partial charge on any atom is 0.417 e. The number of aromatic nitrogens is 1. The van der Waals surface area contributed by atoms with Crippen molar-refractivity contribution in [3.8, 4) is 5.75 Å². The van der Waals surface area contributed by atoms with Gasteiger partial charge in [-0.15, -0.1) is 12.4 Å². The van der Waals surface area contributed by atoms with Crippen molar-refractivity contribution in [2.75, 3.05) is 7.05 Å². The van der Waals surface area contributed by atoms with Crippen LogP contribution in [0.2, 0.25) is 0 Å². The molecular weight excluding hydrogens is 361 g/mol. The summed E-state index contributed by atoms with van der Waals surface area (Å²) in [4.78, 5) is 18.3. The Morgan fingerprint density at radius 3 is 2.52 bits per heavy atom. The van der Waals surface area contributed by atoms with Crippen LogP contribution in [0, 0.1) is 0 Å². The maximum absolute atomic E-state index is 13.2. The molecule has 1 aromatic heterocycles. The first-order chi connectivity index (χ1) is 11.1. The van der Waals surface area contributed by atoms with Gasteiger partial charge in [0.05, 0.1) is 17.2 Å². The summed E-state index contributed by atoms with van der Waals surface area (Å²) in [5.74, 6) is -0.615. The summed E-state index contributed by atoms with van der Waals surface area (Å²) >= 11 is 0. The van der Waals surface area contributed by atoms with Crippen LogP contribution in [0.15, 0.2) is 23.2 Å². The highest BCUT2D eigenvalue weighted by molar-refractivity contribution is 6.07. The molecule has 1 amide bonds. The summed E-state index contributed by atoms with van der Waals surface area (Å²) < 4.78 is 45.1. The normalized spacial score (nSPS) is 12.2. The van der Waals surface area contributed by atoms with Gasteiger partial charge in [-0.2, -0.15) is 13.2 Å². The van der Waals surface area contributed by atoms with Gasteiger partial charge in [0, 0.05) is 12.4 Å². The van der Waals surface area contributed by atoms with Crippen LogP contribution >= 0.6 is 12.4 Å². The van der Waals surface area contributed by atoms with Crippen molar-refractivity contribution in [2.45, 2.75) is 26.1 Å². The predicted octanol–water partition coefficient (Wildman–Crippen LogP) is 3.07. The van der Waals surface area contributed by atoms with E-state index in [4.69, 9.17) is 10.5 Å². The number of nitrogens with two attached hydrogens (primary N) is 1. The molecule has 0 spiro atoms. The molecule has 2 rings (SSSR count). The van der Waals surface area contributed by atoms with Crippen molar-refractivity contribution in [3.63, 3.8) is 0 Å². The Morgan fingerprint density at radius 2 is 2.00 bits per heavy atom. The van der Waals surface area contributed by atoms with E-state index in [-0.39, 0.29) is 46.8 Å². The molecule has 0 saturated heterocycles. The van der Waals surface area contributed by atoms with Crippen molar-refractivity contribution in [1.29, 1.82) is 0 Å². The number of guanidine groups is 1. The van der Waals surface area contributed by atoms with E-state index in [0.717, 1.165) is 12.1 Å². The molecule has 138 valence electrons. The van der Waals surface area contributed by atoms with Gasteiger partial charge in [0.2, 0.25) is 0 Å². The molecule has 0 bridgehead atoms. The average Bonchev–Trinajstić information content (AvgIpc) is 2.90. The second-order valence-electron chi connectivity index (χ2n) is 5.31. The Bertz CT molecular complexity index is 800. The molecular formula is C15H18ClF3N4O2. The van der Waals surface area contributed by atoms with Crippen LogP contribution in [0.1, 0.15) is 29.9 Å². The van der Waals surface area contributed by atoms with E-state index in [1.54, 1.807) is 13.8 Å². The summed E-state index contributed by atoms with van der Waals surface area (Å²) in [5.41, 5.74) is 4.55. The van der Waals surface area contributed by atoms with E-state index in [2.05, 4.69) is 15.3 Å². The summed E-state index contributed by atoms with van der Waals surface area (Å²) in [6, 6.07) is 3.27. The van der Waals surface area contributed by atoms with E-state index in [0.29, 0.717) is 0 Å². The molecule has 25 heavy (non-hydrogen) atoms. The van der Waals surface area contributed by atoms with E-state index >= 15 is 0 Å². The number of nitrogens with zero attached hydrogens (tertiary/aromatic N) is 1. The molecule has 0 radical (unpaired) electrons. The lowest BCUT2D eigenvalue weighted by molar-refractivity contribution is -0.136. The number of hydrogen-bond acceptors (Lipinski definition) is 3. The fraction of sp³-hybridized carbons (Fsp3) is 0.333. The van der Waals surface area contributed by atoms with Crippen LogP contribution in [-0.2, 0) is 6.18 Å². The second-order valence-corrected chi connectivity index (χ2v) is 5.31. The van der Waals surface area contributed by atoms with Crippen LogP contribution in [0.3, 0.4) is 0 Å². The number of aromatic amines is 1. The molecule has 6 nitrogen and oxygen atoms in total. The van der Waals surface area contributed by atoms with Crippen LogP contribution < -0.4 is 15.8 Å².